The third-order valence-corrected chi connectivity index (χ3v) is 4.20. The molecule has 0 saturated heterocycles. The molecule has 1 aliphatic rings. The second kappa shape index (κ2) is 5.44. The van der Waals surface area contributed by atoms with Crippen molar-refractivity contribution in [1.82, 2.24) is 0 Å². The van der Waals surface area contributed by atoms with Crippen LogP contribution in [0, 0.1) is 10.5 Å². The van der Waals surface area contributed by atoms with E-state index < -0.39 is 0 Å². The minimum absolute atomic E-state index is 0.0190. The largest absolute Gasteiger partial charge is 0.373 e. The average molecular weight is 378 g/mol. The van der Waals surface area contributed by atoms with E-state index in [1.807, 2.05) is 37.3 Å². The van der Waals surface area contributed by atoms with E-state index in [1.54, 1.807) is 0 Å². The van der Waals surface area contributed by atoms with Gasteiger partial charge in [0, 0.05) is 21.4 Å². The van der Waals surface area contributed by atoms with Crippen LogP contribution in [0.5, 0.6) is 0 Å². The Labute approximate surface area is 131 Å². The van der Waals surface area contributed by atoms with Gasteiger partial charge in [-0.15, -0.1) is 0 Å². The van der Waals surface area contributed by atoms with Crippen LogP contribution in [0.3, 0.4) is 0 Å². The molecule has 0 aromatic heterocycles. The molecule has 2 N–H and O–H groups in total. The highest BCUT2D eigenvalue weighted by Crippen LogP contribution is 2.26. The van der Waals surface area contributed by atoms with Crippen molar-refractivity contribution in [3.05, 3.63) is 57.2 Å². The number of amides is 1. The first-order chi connectivity index (χ1) is 9.63. The number of hydrogen-bond acceptors (Lipinski definition) is 2. The number of rotatable bonds is 2. The van der Waals surface area contributed by atoms with Crippen molar-refractivity contribution in [2.24, 2.45) is 0 Å². The Morgan fingerprint density at radius 1 is 1.30 bits per heavy atom. The SMILES string of the molecule is Cc1cc(I)ccc1NC(=O)[C@@H]1Cc2ccccc2N1. The summed E-state index contributed by atoms with van der Waals surface area (Å²) in [5, 5.41) is 6.28. The lowest BCUT2D eigenvalue weighted by Crippen LogP contribution is -2.33. The Morgan fingerprint density at radius 3 is 2.85 bits per heavy atom. The minimum Gasteiger partial charge on any atom is -0.373 e. The third kappa shape index (κ3) is 2.65. The fourth-order valence-corrected chi connectivity index (χ4v) is 3.09. The van der Waals surface area contributed by atoms with Crippen LogP contribution in [-0.4, -0.2) is 11.9 Å². The summed E-state index contributed by atoms with van der Waals surface area (Å²) >= 11 is 2.27. The molecular weight excluding hydrogens is 363 g/mol. The van der Waals surface area contributed by atoms with Gasteiger partial charge in [-0.25, -0.2) is 0 Å². The second-order valence-electron chi connectivity index (χ2n) is 5.01. The molecule has 4 heteroatoms. The molecule has 3 nitrogen and oxygen atoms in total. The monoisotopic (exact) mass is 378 g/mol. The fraction of sp³-hybridized carbons (Fsp3) is 0.188. The zero-order valence-corrected chi connectivity index (χ0v) is 13.3. The Bertz CT molecular complexity index is 644. The lowest BCUT2D eigenvalue weighted by molar-refractivity contribution is -0.116. The van der Waals surface area contributed by atoms with E-state index in [2.05, 4.69) is 45.4 Å². The first-order valence-electron chi connectivity index (χ1n) is 6.55. The number of para-hydroxylation sites is 1. The first kappa shape index (κ1) is 13.4. The van der Waals surface area contributed by atoms with Gasteiger partial charge in [0.2, 0.25) is 5.91 Å². The van der Waals surface area contributed by atoms with Crippen LogP contribution in [0.2, 0.25) is 0 Å². The average Bonchev–Trinajstić information content (AvgIpc) is 2.86. The van der Waals surface area contributed by atoms with Crippen molar-refractivity contribution in [3.8, 4) is 0 Å². The number of fused-ring (bicyclic) bond motifs is 1. The van der Waals surface area contributed by atoms with Crippen molar-refractivity contribution >= 4 is 39.9 Å². The van der Waals surface area contributed by atoms with E-state index in [4.69, 9.17) is 0 Å². The van der Waals surface area contributed by atoms with Gasteiger partial charge < -0.3 is 10.6 Å². The van der Waals surface area contributed by atoms with Crippen LogP contribution < -0.4 is 10.6 Å². The Balaban J connectivity index is 1.72. The highest BCUT2D eigenvalue weighted by molar-refractivity contribution is 14.1. The Hall–Kier alpha value is -1.56. The summed E-state index contributed by atoms with van der Waals surface area (Å²) in [6.07, 6.45) is 0.741. The predicted molar refractivity (Wildman–Crippen MR) is 90.1 cm³/mol. The van der Waals surface area contributed by atoms with Gasteiger partial charge in [0.1, 0.15) is 6.04 Å². The number of halogens is 1. The Kier molecular flexibility index (Phi) is 3.65. The fourth-order valence-electron chi connectivity index (χ4n) is 2.44. The normalized spacial score (nSPS) is 16.4. The zero-order chi connectivity index (χ0) is 14.1. The summed E-state index contributed by atoms with van der Waals surface area (Å²) in [5.41, 5.74) is 4.23. The van der Waals surface area contributed by atoms with E-state index in [-0.39, 0.29) is 11.9 Å². The molecule has 1 atom stereocenters. The van der Waals surface area contributed by atoms with Crippen LogP contribution in [0.25, 0.3) is 0 Å². The molecule has 3 rings (SSSR count). The third-order valence-electron chi connectivity index (χ3n) is 3.53. The zero-order valence-electron chi connectivity index (χ0n) is 11.1. The quantitative estimate of drug-likeness (QED) is 0.785. The van der Waals surface area contributed by atoms with E-state index in [0.29, 0.717) is 0 Å². The highest BCUT2D eigenvalue weighted by atomic mass is 127. The molecule has 0 fully saturated rings. The van der Waals surface area contributed by atoms with Crippen LogP contribution in [-0.2, 0) is 11.2 Å². The number of aryl methyl sites for hydroxylation is 1. The summed E-state index contributed by atoms with van der Waals surface area (Å²) in [6, 6.07) is 13.9. The molecule has 0 radical (unpaired) electrons. The molecule has 0 bridgehead atoms. The summed E-state index contributed by atoms with van der Waals surface area (Å²) in [6.45, 7) is 2.01. The molecule has 102 valence electrons. The van der Waals surface area contributed by atoms with Gasteiger partial charge in [-0.05, 0) is 64.9 Å². The minimum atomic E-state index is -0.189. The molecular formula is C16H15IN2O. The van der Waals surface area contributed by atoms with Crippen LogP contribution in [0.1, 0.15) is 11.1 Å². The number of hydrogen-bond donors (Lipinski definition) is 2. The maximum atomic E-state index is 12.3. The van der Waals surface area contributed by atoms with E-state index >= 15 is 0 Å². The highest BCUT2D eigenvalue weighted by Gasteiger charge is 2.26. The van der Waals surface area contributed by atoms with Gasteiger partial charge in [0.25, 0.3) is 0 Å². The topological polar surface area (TPSA) is 41.1 Å². The molecule has 0 aliphatic carbocycles. The number of benzene rings is 2. The first-order valence-corrected chi connectivity index (χ1v) is 7.63. The Morgan fingerprint density at radius 2 is 2.10 bits per heavy atom. The van der Waals surface area contributed by atoms with Crippen molar-refractivity contribution in [2.45, 2.75) is 19.4 Å². The standard InChI is InChI=1S/C16H15IN2O/c1-10-8-12(17)6-7-13(10)19-16(20)15-9-11-4-2-3-5-14(11)18-15/h2-8,15,18H,9H2,1H3,(H,19,20)/t15-/m0/s1. The predicted octanol–water partition coefficient (Wildman–Crippen LogP) is 3.57. The summed E-state index contributed by atoms with van der Waals surface area (Å²) < 4.78 is 1.17. The van der Waals surface area contributed by atoms with Gasteiger partial charge in [0.05, 0.1) is 0 Å². The molecule has 1 aliphatic heterocycles. The van der Waals surface area contributed by atoms with Crippen molar-refractivity contribution in [3.63, 3.8) is 0 Å². The second-order valence-corrected chi connectivity index (χ2v) is 6.25. The smallest absolute Gasteiger partial charge is 0.247 e. The van der Waals surface area contributed by atoms with E-state index in [0.717, 1.165) is 23.4 Å². The lowest BCUT2D eigenvalue weighted by Gasteiger charge is -2.13. The van der Waals surface area contributed by atoms with Crippen molar-refractivity contribution in [1.29, 1.82) is 0 Å². The maximum Gasteiger partial charge on any atom is 0.247 e. The summed E-state index contributed by atoms with van der Waals surface area (Å²) in [5.74, 6) is 0.0190. The maximum absolute atomic E-state index is 12.3. The van der Waals surface area contributed by atoms with Crippen LogP contribution >= 0.6 is 22.6 Å². The molecule has 1 heterocycles. The van der Waals surface area contributed by atoms with Gasteiger partial charge in [-0.1, -0.05) is 18.2 Å². The number of nitrogens with one attached hydrogen (secondary N) is 2. The molecule has 0 spiro atoms. The number of anilines is 2. The van der Waals surface area contributed by atoms with E-state index in [1.165, 1.54) is 9.13 Å². The van der Waals surface area contributed by atoms with Crippen LogP contribution in [0.15, 0.2) is 42.5 Å². The molecule has 0 unspecified atom stereocenters. The van der Waals surface area contributed by atoms with Crippen molar-refractivity contribution < 1.29 is 4.79 Å². The van der Waals surface area contributed by atoms with Gasteiger partial charge >= 0.3 is 0 Å². The molecule has 2 aromatic carbocycles. The number of carbonyl (C=O) groups excluding carboxylic acids is 1. The summed E-state index contributed by atoms with van der Waals surface area (Å²) in [4.78, 5) is 12.3. The summed E-state index contributed by atoms with van der Waals surface area (Å²) in [7, 11) is 0. The van der Waals surface area contributed by atoms with Crippen molar-refractivity contribution in [2.75, 3.05) is 10.6 Å². The molecule has 0 saturated carbocycles. The molecule has 1 amide bonds. The molecule has 20 heavy (non-hydrogen) atoms. The van der Waals surface area contributed by atoms with Gasteiger partial charge in [0.15, 0.2) is 0 Å². The van der Waals surface area contributed by atoms with Crippen LogP contribution in [0.4, 0.5) is 11.4 Å². The van der Waals surface area contributed by atoms with E-state index in [9.17, 15) is 4.79 Å². The van der Waals surface area contributed by atoms with Gasteiger partial charge in [-0.2, -0.15) is 0 Å². The number of carbonyl (C=O) groups is 1. The molecule has 2 aromatic rings. The lowest BCUT2D eigenvalue weighted by atomic mass is 10.1. The van der Waals surface area contributed by atoms with Gasteiger partial charge in [-0.3, -0.25) is 4.79 Å².